The van der Waals surface area contributed by atoms with Crippen molar-refractivity contribution in [3.8, 4) is 0 Å². The van der Waals surface area contributed by atoms with Crippen molar-refractivity contribution >= 4 is 17.4 Å². The van der Waals surface area contributed by atoms with Gasteiger partial charge in [-0.05, 0) is 33.6 Å². The summed E-state index contributed by atoms with van der Waals surface area (Å²) in [7, 11) is 0. The van der Waals surface area contributed by atoms with Crippen LogP contribution in [0.25, 0.3) is 0 Å². The van der Waals surface area contributed by atoms with Crippen LogP contribution in [0.1, 0.15) is 31.2 Å². The Labute approximate surface area is 113 Å². The third-order valence-electron chi connectivity index (χ3n) is 3.33. The SMILES string of the molecule is CCOC1CCCN(c2nc(C)c(C)nc2Cl)C1. The quantitative estimate of drug-likeness (QED) is 0.846. The molecule has 1 aromatic heterocycles. The van der Waals surface area contributed by atoms with E-state index >= 15 is 0 Å². The minimum absolute atomic E-state index is 0.281. The topological polar surface area (TPSA) is 38.2 Å². The molecule has 0 radical (unpaired) electrons. The van der Waals surface area contributed by atoms with E-state index in [0.29, 0.717) is 5.15 Å². The van der Waals surface area contributed by atoms with Gasteiger partial charge in [0.15, 0.2) is 11.0 Å². The van der Waals surface area contributed by atoms with Gasteiger partial charge in [0.05, 0.1) is 17.5 Å². The number of rotatable bonds is 3. The molecule has 0 aliphatic carbocycles. The van der Waals surface area contributed by atoms with Crippen molar-refractivity contribution < 1.29 is 4.74 Å². The molecule has 0 N–H and O–H groups in total. The van der Waals surface area contributed by atoms with Gasteiger partial charge in [-0.15, -0.1) is 0 Å². The third kappa shape index (κ3) is 2.93. The Balaban J connectivity index is 2.18. The predicted molar refractivity (Wildman–Crippen MR) is 73.4 cm³/mol. The van der Waals surface area contributed by atoms with Crippen molar-refractivity contribution in [2.45, 2.75) is 39.7 Å². The molecule has 1 unspecified atom stereocenters. The molecule has 0 spiro atoms. The maximum absolute atomic E-state index is 6.20. The van der Waals surface area contributed by atoms with E-state index in [1.54, 1.807) is 0 Å². The standard InChI is InChI=1S/C13H20ClN3O/c1-4-18-11-6-5-7-17(8-11)13-12(14)15-9(2)10(3)16-13/h11H,4-8H2,1-3H3. The van der Waals surface area contributed by atoms with E-state index in [2.05, 4.69) is 14.9 Å². The lowest BCUT2D eigenvalue weighted by atomic mass is 10.1. The zero-order valence-corrected chi connectivity index (χ0v) is 12.0. The summed E-state index contributed by atoms with van der Waals surface area (Å²) in [6.07, 6.45) is 2.50. The van der Waals surface area contributed by atoms with Gasteiger partial charge in [0.2, 0.25) is 0 Å². The van der Waals surface area contributed by atoms with Crippen LogP contribution in [-0.2, 0) is 4.74 Å². The number of nitrogens with zero attached hydrogens (tertiary/aromatic N) is 3. The normalized spacial score (nSPS) is 20.2. The molecule has 18 heavy (non-hydrogen) atoms. The molecule has 1 atom stereocenters. The first-order valence-corrected chi connectivity index (χ1v) is 6.87. The van der Waals surface area contributed by atoms with Crippen LogP contribution < -0.4 is 4.90 Å². The van der Waals surface area contributed by atoms with Gasteiger partial charge in [-0.1, -0.05) is 11.6 Å². The fraction of sp³-hybridized carbons (Fsp3) is 0.692. The molecule has 4 nitrogen and oxygen atoms in total. The highest BCUT2D eigenvalue weighted by Gasteiger charge is 2.23. The maximum Gasteiger partial charge on any atom is 0.171 e. The second-order valence-corrected chi connectivity index (χ2v) is 5.03. The summed E-state index contributed by atoms with van der Waals surface area (Å²) in [5.41, 5.74) is 1.83. The Kier molecular flexibility index (Phi) is 4.40. The molecule has 2 rings (SSSR count). The van der Waals surface area contributed by atoms with Crippen LogP contribution in [-0.4, -0.2) is 35.8 Å². The minimum Gasteiger partial charge on any atom is -0.377 e. The fourth-order valence-corrected chi connectivity index (χ4v) is 2.56. The fourth-order valence-electron chi connectivity index (χ4n) is 2.27. The molecule has 1 aliphatic heterocycles. The van der Waals surface area contributed by atoms with Gasteiger partial charge in [-0.2, -0.15) is 0 Å². The average molecular weight is 270 g/mol. The zero-order chi connectivity index (χ0) is 13.1. The van der Waals surface area contributed by atoms with E-state index in [-0.39, 0.29) is 6.10 Å². The molecule has 0 bridgehead atoms. The van der Waals surface area contributed by atoms with Crippen molar-refractivity contribution in [3.63, 3.8) is 0 Å². The summed E-state index contributed by atoms with van der Waals surface area (Å²) < 4.78 is 5.70. The lowest BCUT2D eigenvalue weighted by molar-refractivity contribution is 0.0525. The monoisotopic (exact) mass is 269 g/mol. The highest BCUT2D eigenvalue weighted by molar-refractivity contribution is 6.31. The number of halogens is 1. The number of piperidine rings is 1. The Morgan fingerprint density at radius 1 is 1.33 bits per heavy atom. The van der Waals surface area contributed by atoms with Crippen LogP contribution in [0.15, 0.2) is 0 Å². The second kappa shape index (κ2) is 5.85. The third-order valence-corrected chi connectivity index (χ3v) is 3.58. The molecule has 1 aromatic rings. The van der Waals surface area contributed by atoms with Crippen LogP contribution >= 0.6 is 11.6 Å². The highest BCUT2D eigenvalue weighted by Crippen LogP contribution is 2.26. The lowest BCUT2D eigenvalue weighted by Crippen LogP contribution is -2.40. The van der Waals surface area contributed by atoms with Crippen LogP contribution in [0, 0.1) is 13.8 Å². The average Bonchev–Trinajstić information content (AvgIpc) is 2.34. The molecule has 2 heterocycles. The number of anilines is 1. The minimum atomic E-state index is 0.281. The van der Waals surface area contributed by atoms with E-state index in [4.69, 9.17) is 16.3 Å². The summed E-state index contributed by atoms with van der Waals surface area (Å²) in [5, 5.41) is 0.496. The van der Waals surface area contributed by atoms with E-state index in [1.165, 1.54) is 0 Å². The summed E-state index contributed by atoms with van der Waals surface area (Å²) in [6, 6.07) is 0. The Hall–Kier alpha value is -0.870. The summed E-state index contributed by atoms with van der Waals surface area (Å²) in [4.78, 5) is 11.1. The maximum atomic E-state index is 6.20. The highest BCUT2D eigenvalue weighted by atomic mass is 35.5. The summed E-state index contributed by atoms with van der Waals surface area (Å²) in [5.74, 6) is 0.796. The molecule has 0 amide bonds. The van der Waals surface area contributed by atoms with Gasteiger partial charge in [0.1, 0.15) is 0 Å². The van der Waals surface area contributed by atoms with Gasteiger partial charge < -0.3 is 9.64 Å². The Morgan fingerprint density at radius 3 is 2.78 bits per heavy atom. The molecular formula is C13H20ClN3O. The number of ether oxygens (including phenoxy) is 1. The number of aromatic nitrogens is 2. The largest absolute Gasteiger partial charge is 0.377 e. The van der Waals surface area contributed by atoms with Gasteiger partial charge >= 0.3 is 0 Å². The van der Waals surface area contributed by atoms with Gasteiger partial charge in [0, 0.05) is 19.7 Å². The number of hydrogen-bond donors (Lipinski definition) is 0. The molecule has 1 fully saturated rings. The molecule has 0 saturated carbocycles. The van der Waals surface area contributed by atoms with Crippen LogP contribution in [0.5, 0.6) is 0 Å². The zero-order valence-electron chi connectivity index (χ0n) is 11.2. The van der Waals surface area contributed by atoms with Crippen molar-refractivity contribution in [2.24, 2.45) is 0 Å². The van der Waals surface area contributed by atoms with Crippen LogP contribution in [0.4, 0.5) is 5.82 Å². The molecule has 100 valence electrons. The van der Waals surface area contributed by atoms with E-state index in [1.807, 2.05) is 20.8 Å². The van der Waals surface area contributed by atoms with Crippen molar-refractivity contribution in [3.05, 3.63) is 16.5 Å². The predicted octanol–water partition coefficient (Wildman–Crippen LogP) is 2.75. The van der Waals surface area contributed by atoms with Crippen LogP contribution in [0.3, 0.4) is 0 Å². The van der Waals surface area contributed by atoms with Crippen molar-refractivity contribution in [1.29, 1.82) is 0 Å². The molecular weight excluding hydrogens is 250 g/mol. The van der Waals surface area contributed by atoms with Gasteiger partial charge in [0.25, 0.3) is 0 Å². The van der Waals surface area contributed by atoms with E-state index in [9.17, 15) is 0 Å². The molecule has 1 aliphatic rings. The molecule has 5 heteroatoms. The first kappa shape index (κ1) is 13.6. The smallest absolute Gasteiger partial charge is 0.171 e. The Morgan fingerprint density at radius 2 is 2.06 bits per heavy atom. The van der Waals surface area contributed by atoms with Crippen molar-refractivity contribution in [1.82, 2.24) is 9.97 Å². The summed E-state index contributed by atoms with van der Waals surface area (Å²) in [6.45, 7) is 8.50. The van der Waals surface area contributed by atoms with Crippen LogP contribution in [0.2, 0.25) is 5.15 Å². The number of hydrogen-bond acceptors (Lipinski definition) is 4. The lowest BCUT2D eigenvalue weighted by Gasteiger charge is -2.33. The number of aryl methyl sites for hydroxylation is 2. The second-order valence-electron chi connectivity index (χ2n) is 4.67. The van der Waals surface area contributed by atoms with E-state index in [0.717, 1.165) is 49.7 Å². The van der Waals surface area contributed by atoms with E-state index < -0.39 is 0 Å². The Bertz CT molecular complexity index is 423. The van der Waals surface area contributed by atoms with Crippen molar-refractivity contribution in [2.75, 3.05) is 24.6 Å². The first-order valence-electron chi connectivity index (χ1n) is 6.49. The first-order chi connectivity index (χ1) is 8.61. The van der Waals surface area contributed by atoms with Gasteiger partial charge in [-0.3, -0.25) is 0 Å². The van der Waals surface area contributed by atoms with Gasteiger partial charge in [-0.25, -0.2) is 9.97 Å². The molecule has 1 saturated heterocycles. The molecule has 0 aromatic carbocycles. The summed E-state index contributed by atoms with van der Waals surface area (Å²) >= 11 is 6.20.